The first-order valence-corrected chi connectivity index (χ1v) is 9.87. The topological polar surface area (TPSA) is 27.1 Å². The minimum atomic E-state index is -0.313. The molecule has 1 aromatic heterocycles. The van der Waals surface area contributed by atoms with Crippen LogP contribution >= 0.6 is 23.2 Å². The van der Waals surface area contributed by atoms with E-state index in [1.54, 1.807) is 6.20 Å². The molecule has 0 spiro atoms. The van der Waals surface area contributed by atoms with E-state index in [0.717, 1.165) is 41.4 Å². The summed E-state index contributed by atoms with van der Waals surface area (Å²) in [7, 11) is 0. The Morgan fingerprint density at radius 2 is 1.85 bits per heavy atom. The van der Waals surface area contributed by atoms with Crippen LogP contribution in [0.1, 0.15) is 30.9 Å². The minimum Gasteiger partial charge on any atom is -0.369 e. The Kier molecular flexibility index (Phi) is 6.95. The number of rotatable bonds is 9. The Balaban J connectivity index is 1.63. The van der Waals surface area contributed by atoms with Gasteiger partial charge in [-0.15, -0.1) is 0 Å². The van der Waals surface area contributed by atoms with E-state index < -0.39 is 0 Å². The summed E-state index contributed by atoms with van der Waals surface area (Å²) in [4.78, 5) is 4.15. The molecule has 1 unspecified atom stereocenters. The van der Waals surface area contributed by atoms with Crippen molar-refractivity contribution in [3.63, 3.8) is 0 Å². The molecule has 3 aromatic rings. The molecule has 27 heavy (non-hydrogen) atoms. The lowest BCUT2D eigenvalue weighted by Gasteiger charge is -2.31. The van der Waals surface area contributed by atoms with Crippen LogP contribution in [0, 0.1) is 0 Å². The summed E-state index contributed by atoms with van der Waals surface area (Å²) in [5.74, 6) is 0. The second-order valence-electron chi connectivity index (χ2n) is 7.05. The van der Waals surface area contributed by atoms with Crippen LogP contribution in [0.15, 0.2) is 67.3 Å². The number of halogens is 2. The predicted molar refractivity (Wildman–Crippen MR) is 111 cm³/mol. The highest BCUT2D eigenvalue weighted by Crippen LogP contribution is 2.26. The van der Waals surface area contributed by atoms with Crippen molar-refractivity contribution in [1.82, 2.24) is 9.55 Å². The zero-order valence-electron chi connectivity index (χ0n) is 15.4. The lowest BCUT2D eigenvalue weighted by Crippen LogP contribution is -2.34. The van der Waals surface area contributed by atoms with Gasteiger partial charge in [-0.1, -0.05) is 53.5 Å². The zero-order valence-corrected chi connectivity index (χ0v) is 17.0. The van der Waals surface area contributed by atoms with Crippen LogP contribution in [0.3, 0.4) is 0 Å². The first-order valence-electron chi connectivity index (χ1n) is 9.12. The third kappa shape index (κ3) is 6.10. The fourth-order valence-corrected chi connectivity index (χ4v) is 3.46. The van der Waals surface area contributed by atoms with Crippen molar-refractivity contribution in [1.29, 1.82) is 0 Å². The monoisotopic (exact) mass is 402 g/mol. The standard InChI is InChI=1S/C22H24Cl2N2O/c1-22(16-26-14-13-25-17-26,27-15-19-6-2-3-7-21(19)24)12-4-5-18-8-10-20(23)11-9-18/h2-3,6-11,13-14,17H,4-5,12,15-16H2,1H3. The van der Waals surface area contributed by atoms with Gasteiger partial charge < -0.3 is 9.30 Å². The highest BCUT2D eigenvalue weighted by molar-refractivity contribution is 6.31. The molecule has 3 rings (SSSR count). The van der Waals surface area contributed by atoms with Crippen molar-refractivity contribution >= 4 is 23.2 Å². The number of hydrogen-bond donors (Lipinski definition) is 0. The molecule has 1 atom stereocenters. The summed E-state index contributed by atoms with van der Waals surface area (Å²) in [6.45, 7) is 3.40. The van der Waals surface area contributed by atoms with Crippen molar-refractivity contribution in [2.45, 2.75) is 44.9 Å². The molecule has 2 aromatic carbocycles. The van der Waals surface area contributed by atoms with Gasteiger partial charge in [-0.25, -0.2) is 4.98 Å². The number of aryl methyl sites for hydroxylation is 1. The molecule has 142 valence electrons. The minimum absolute atomic E-state index is 0.313. The van der Waals surface area contributed by atoms with E-state index in [2.05, 4.69) is 28.6 Å². The average molecular weight is 403 g/mol. The van der Waals surface area contributed by atoms with Crippen molar-refractivity contribution < 1.29 is 4.74 Å². The Morgan fingerprint density at radius 1 is 1.07 bits per heavy atom. The largest absolute Gasteiger partial charge is 0.369 e. The molecule has 0 saturated carbocycles. The average Bonchev–Trinajstić information content (AvgIpc) is 3.15. The Bertz CT molecular complexity index is 834. The van der Waals surface area contributed by atoms with E-state index in [0.29, 0.717) is 6.61 Å². The molecule has 0 fully saturated rings. The van der Waals surface area contributed by atoms with Gasteiger partial charge in [0.05, 0.1) is 25.1 Å². The van der Waals surface area contributed by atoms with Gasteiger partial charge in [0, 0.05) is 22.4 Å². The van der Waals surface area contributed by atoms with E-state index in [9.17, 15) is 0 Å². The quantitative estimate of drug-likeness (QED) is 0.426. The number of aromatic nitrogens is 2. The highest BCUT2D eigenvalue weighted by Gasteiger charge is 2.26. The Morgan fingerprint density at radius 3 is 2.56 bits per heavy atom. The molecular formula is C22H24Cl2N2O. The second-order valence-corrected chi connectivity index (χ2v) is 7.89. The van der Waals surface area contributed by atoms with E-state index in [4.69, 9.17) is 27.9 Å². The molecule has 0 N–H and O–H groups in total. The maximum atomic E-state index is 6.37. The first-order chi connectivity index (χ1) is 13.0. The van der Waals surface area contributed by atoms with Gasteiger partial charge in [0.2, 0.25) is 0 Å². The maximum absolute atomic E-state index is 6.37. The lowest BCUT2D eigenvalue weighted by molar-refractivity contribution is -0.0614. The molecule has 0 bridgehead atoms. The molecule has 5 heteroatoms. The summed E-state index contributed by atoms with van der Waals surface area (Å²) in [6, 6.07) is 15.9. The molecule has 3 nitrogen and oxygen atoms in total. The number of hydrogen-bond acceptors (Lipinski definition) is 2. The van der Waals surface area contributed by atoms with Crippen LogP contribution < -0.4 is 0 Å². The van der Waals surface area contributed by atoms with Gasteiger partial charge >= 0.3 is 0 Å². The third-order valence-corrected chi connectivity index (χ3v) is 5.32. The van der Waals surface area contributed by atoms with Crippen LogP contribution in [0.25, 0.3) is 0 Å². The molecule has 0 aliphatic heterocycles. The van der Waals surface area contributed by atoms with Gasteiger partial charge in [0.15, 0.2) is 0 Å². The highest BCUT2D eigenvalue weighted by atomic mass is 35.5. The van der Waals surface area contributed by atoms with Gasteiger partial charge in [-0.3, -0.25) is 0 Å². The smallest absolute Gasteiger partial charge is 0.0946 e. The van der Waals surface area contributed by atoms with Gasteiger partial charge in [0.1, 0.15) is 0 Å². The molecule has 0 aliphatic carbocycles. The lowest BCUT2D eigenvalue weighted by atomic mass is 9.96. The second kappa shape index (κ2) is 9.41. The normalized spacial score (nSPS) is 13.4. The van der Waals surface area contributed by atoms with Gasteiger partial charge in [0.25, 0.3) is 0 Å². The number of nitrogens with zero attached hydrogens (tertiary/aromatic N) is 2. The fourth-order valence-electron chi connectivity index (χ4n) is 3.15. The number of benzene rings is 2. The SMILES string of the molecule is CC(CCCc1ccc(Cl)cc1)(Cn1ccnc1)OCc1ccccc1Cl. The van der Waals surface area contributed by atoms with E-state index in [1.165, 1.54) is 5.56 Å². The zero-order chi connectivity index (χ0) is 19.1. The van der Waals surface area contributed by atoms with Gasteiger partial charge in [-0.05, 0) is 55.5 Å². The molecule has 1 heterocycles. The fraction of sp³-hybridized carbons (Fsp3) is 0.318. The predicted octanol–water partition coefficient (Wildman–Crippen LogP) is 6.19. The van der Waals surface area contributed by atoms with Crippen LogP contribution in [-0.4, -0.2) is 15.2 Å². The molecule has 0 radical (unpaired) electrons. The summed E-state index contributed by atoms with van der Waals surface area (Å²) in [5, 5.41) is 1.51. The van der Waals surface area contributed by atoms with E-state index >= 15 is 0 Å². The van der Waals surface area contributed by atoms with E-state index in [-0.39, 0.29) is 5.60 Å². The van der Waals surface area contributed by atoms with Crippen molar-refractivity contribution in [2.75, 3.05) is 0 Å². The van der Waals surface area contributed by atoms with Crippen molar-refractivity contribution in [2.24, 2.45) is 0 Å². The Labute approximate surface area is 170 Å². The summed E-state index contributed by atoms with van der Waals surface area (Å²) in [6.07, 6.45) is 8.54. The van der Waals surface area contributed by atoms with Crippen molar-refractivity contribution in [3.05, 3.63) is 88.4 Å². The Hall–Kier alpha value is -1.81. The molecule has 0 aliphatic rings. The maximum Gasteiger partial charge on any atom is 0.0946 e. The van der Waals surface area contributed by atoms with E-state index in [1.807, 2.05) is 48.9 Å². The first kappa shape index (κ1) is 19.9. The summed E-state index contributed by atoms with van der Waals surface area (Å²) >= 11 is 12.3. The van der Waals surface area contributed by atoms with Crippen LogP contribution in [0.5, 0.6) is 0 Å². The van der Waals surface area contributed by atoms with Crippen LogP contribution in [-0.2, 0) is 24.3 Å². The number of imidazole rings is 1. The summed E-state index contributed by atoms with van der Waals surface area (Å²) < 4.78 is 8.44. The third-order valence-electron chi connectivity index (χ3n) is 4.69. The molecule has 0 amide bonds. The molecular weight excluding hydrogens is 379 g/mol. The summed E-state index contributed by atoms with van der Waals surface area (Å²) in [5.41, 5.74) is 1.98. The van der Waals surface area contributed by atoms with Crippen LogP contribution in [0.2, 0.25) is 10.0 Å². The molecule has 0 saturated heterocycles. The van der Waals surface area contributed by atoms with Gasteiger partial charge in [-0.2, -0.15) is 0 Å². The van der Waals surface area contributed by atoms with Crippen LogP contribution in [0.4, 0.5) is 0 Å². The number of ether oxygens (including phenoxy) is 1. The van der Waals surface area contributed by atoms with Crippen molar-refractivity contribution in [3.8, 4) is 0 Å².